The van der Waals surface area contributed by atoms with Crippen LogP contribution >= 0.6 is 11.6 Å². The third kappa shape index (κ3) is 5.87. The number of hydrogen-bond donors (Lipinski definition) is 2. The molecule has 10 heteroatoms. The number of sulfonamides is 1. The Labute approximate surface area is 187 Å². The predicted octanol–water partition coefficient (Wildman–Crippen LogP) is 2.79. The molecule has 1 aromatic heterocycles. The number of amides is 2. The van der Waals surface area contributed by atoms with E-state index in [0.29, 0.717) is 38.2 Å². The number of halogens is 1. The fourth-order valence-corrected chi connectivity index (χ4v) is 4.94. The SMILES string of the molecule is CC(C)NS(=O)(=O)c1ccc(Cl)c(C(=O)N2CCC(C(=O)NCc3ccco3)CC2)c1. The minimum absolute atomic E-state index is 0.0128. The Morgan fingerprint density at radius 1 is 1.23 bits per heavy atom. The normalized spacial score (nSPS) is 15.3. The molecule has 2 aromatic rings. The van der Waals surface area contributed by atoms with Crippen LogP contribution < -0.4 is 10.0 Å². The lowest BCUT2D eigenvalue weighted by atomic mass is 9.95. The van der Waals surface area contributed by atoms with Crippen molar-refractivity contribution in [3.8, 4) is 0 Å². The first-order chi connectivity index (χ1) is 14.7. The number of nitrogens with zero attached hydrogens (tertiary/aromatic N) is 1. The molecule has 3 rings (SSSR count). The molecular weight excluding hydrogens is 442 g/mol. The monoisotopic (exact) mass is 467 g/mol. The minimum Gasteiger partial charge on any atom is -0.467 e. The fourth-order valence-electron chi connectivity index (χ4n) is 3.46. The highest BCUT2D eigenvalue weighted by Gasteiger charge is 2.29. The van der Waals surface area contributed by atoms with Crippen LogP contribution in [-0.4, -0.2) is 44.3 Å². The summed E-state index contributed by atoms with van der Waals surface area (Å²) < 4.78 is 32.6. The largest absolute Gasteiger partial charge is 0.467 e. The molecule has 1 fully saturated rings. The van der Waals surface area contributed by atoms with E-state index in [0.717, 1.165) is 0 Å². The van der Waals surface area contributed by atoms with Crippen LogP contribution in [0.15, 0.2) is 45.9 Å². The number of likely N-dealkylation sites (tertiary alicyclic amines) is 1. The number of piperidine rings is 1. The summed E-state index contributed by atoms with van der Waals surface area (Å²) in [5.41, 5.74) is 0.133. The van der Waals surface area contributed by atoms with Crippen LogP contribution in [0.2, 0.25) is 5.02 Å². The molecule has 1 aliphatic rings. The molecule has 0 atom stereocenters. The highest BCUT2D eigenvalue weighted by molar-refractivity contribution is 7.89. The van der Waals surface area contributed by atoms with Crippen molar-refractivity contribution in [2.24, 2.45) is 5.92 Å². The standard InChI is InChI=1S/C21H26ClN3O5S/c1-14(2)24-31(28,29)17-5-6-19(22)18(12-17)21(27)25-9-7-15(8-10-25)20(26)23-13-16-4-3-11-30-16/h3-6,11-12,14-15,24H,7-10,13H2,1-2H3,(H,23,26). The zero-order valence-electron chi connectivity index (χ0n) is 17.4. The van der Waals surface area contributed by atoms with Gasteiger partial charge in [0.15, 0.2) is 0 Å². The van der Waals surface area contributed by atoms with E-state index in [4.69, 9.17) is 16.0 Å². The Kier molecular flexibility index (Phi) is 7.40. The van der Waals surface area contributed by atoms with Crippen molar-refractivity contribution in [1.82, 2.24) is 14.9 Å². The van der Waals surface area contributed by atoms with E-state index in [-0.39, 0.29) is 39.3 Å². The molecule has 2 amide bonds. The van der Waals surface area contributed by atoms with Gasteiger partial charge in [-0.15, -0.1) is 0 Å². The number of rotatable bonds is 7. The van der Waals surface area contributed by atoms with E-state index >= 15 is 0 Å². The lowest BCUT2D eigenvalue weighted by molar-refractivity contribution is -0.126. The van der Waals surface area contributed by atoms with Crippen LogP contribution in [-0.2, 0) is 21.4 Å². The maximum absolute atomic E-state index is 13.0. The summed E-state index contributed by atoms with van der Waals surface area (Å²) in [5, 5.41) is 3.04. The highest BCUT2D eigenvalue weighted by Crippen LogP contribution is 2.25. The van der Waals surface area contributed by atoms with Crippen molar-refractivity contribution < 1.29 is 22.4 Å². The van der Waals surface area contributed by atoms with E-state index in [1.165, 1.54) is 18.2 Å². The topological polar surface area (TPSA) is 109 Å². The Balaban J connectivity index is 1.62. The second-order valence-corrected chi connectivity index (χ2v) is 9.90. The summed E-state index contributed by atoms with van der Waals surface area (Å²) in [6.45, 7) is 4.53. The molecule has 0 saturated carbocycles. The van der Waals surface area contributed by atoms with Gasteiger partial charge in [-0.1, -0.05) is 11.6 Å². The summed E-state index contributed by atoms with van der Waals surface area (Å²) in [6.07, 6.45) is 2.58. The number of carbonyl (C=O) groups is 2. The maximum Gasteiger partial charge on any atom is 0.255 e. The molecule has 1 aliphatic heterocycles. The van der Waals surface area contributed by atoms with Gasteiger partial charge in [0.05, 0.1) is 28.3 Å². The quantitative estimate of drug-likeness (QED) is 0.650. The van der Waals surface area contributed by atoms with Crippen molar-refractivity contribution in [2.75, 3.05) is 13.1 Å². The van der Waals surface area contributed by atoms with Crippen molar-refractivity contribution in [3.63, 3.8) is 0 Å². The molecule has 0 spiro atoms. The molecule has 0 radical (unpaired) electrons. The third-order valence-electron chi connectivity index (χ3n) is 5.04. The van der Waals surface area contributed by atoms with Crippen molar-refractivity contribution in [3.05, 3.63) is 52.9 Å². The molecule has 1 saturated heterocycles. The second kappa shape index (κ2) is 9.84. The van der Waals surface area contributed by atoms with Gasteiger partial charge >= 0.3 is 0 Å². The van der Waals surface area contributed by atoms with E-state index < -0.39 is 10.0 Å². The molecular formula is C21H26ClN3O5S. The van der Waals surface area contributed by atoms with Crippen molar-refractivity contribution in [2.45, 2.75) is 44.2 Å². The zero-order valence-corrected chi connectivity index (χ0v) is 19.0. The van der Waals surface area contributed by atoms with Crippen LogP contribution in [0, 0.1) is 5.92 Å². The molecule has 31 heavy (non-hydrogen) atoms. The zero-order chi connectivity index (χ0) is 22.6. The van der Waals surface area contributed by atoms with Crippen molar-refractivity contribution in [1.29, 1.82) is 0 Å². The first kappa shape index (κ1) is 23.3. The van der Waals surface area contributed by atoms with Crippen LogP contribution in [0.25, 0.3) is 0 Å². The minimum atomic E-state index is -3.75. The molecule has 0 unspecified atom stereocenters. The van der Waals surface area contributed by atoms with Gasteiger partial charge in [0.25, 0.3) is 5.91 Å². The molecule has 0 aliphatic carbocycles. The summed E-state index contributed by atoms with van der Waals surface area (Å²) in [5.74, 6) is 0.0595. The summed E-state index contributed by atoms with van der Waals surface area (Å²) in [6, 6.07) is 7.36. The van der Waals surface area contributed by atoms with E-state index in [1.807, 2.05) is 0 Å². The number of benzene rings is 1. The van der Waals surface area contributed by atoms with Gasteiger partial charge in [0, 0.05) is 25.0 Å². The Morgan fingerprint density at radius 2 is 1.94 bits per heavy atom. The Bertz CT molecular complexity index is 1030. The van der Waals surface area contributed by atoms with Gasteiger partial charge in [-0.25, -0.2) is 13.1 Å². The average Bonchev–Trinajstić information content (AvgIpc) is 3.24. The van der Waals surface area contributed by atoms with Gasteiger partial charge in [0.1, 0.15) is 5.76 Å². The highest BCUT2D eigenvalue weighted by atomic mass is 35.5. The van der Waals surface area contributed by atoms with E-state index in [1.54, 1.807) is 37.1 Å². The molecule has 0 bridgehead atoms. The van der Waals surface area contributed by atoms with Gasteiger partial charge in [0.2, 0.25) is 15.9 Å². The van der Waals surface area contributed by atoms with Crippen LogP contribution in [0.4, 0.5) is 0 Å². The van der Waals surface area contributed by atoms with Gasteiger partial charge in [-0.05, 0) is 57.0 Å². The number of nitrogens with one attached hydrogen (secondary N) is 2. The first-order valence-corrected chi connectivity index (χ1v) is 11.9. The Morgan fingerprint density at radius 3 is 2.55 bits per heavy atom. The molecule has 8 nitrogen and oxygen atoms in total. The molecule has 2 N–H and O–H groups in total. The molecule has 2 heterocycles. The first-order valence-electron chi connectivity index (χ1n) is 10.1. The van der Waals surface area contributed by atoms with Crippen LogP contribution in [0.5, 0.6) is 0 Å². The third-order valence-corrected chi connectivity index (χ3v) is 7.03. The van der Waals surface area contributed by atoms with Gasteiger partial charge < -0.3 is 14.6 Å². The van der Waals surface area contributed by atoms with Crippen LogP contribution in [0.3, 0.4) is 0 Å². The fraction of sp³-hybridized carbons (Fsp3) is 0.429. The maximum atomic E-state index is 13.0. The lowest BCUT2D eigenvalue weighted by Gasteiger charge is -2.31. The summed E-state index contributed by atoms with van der Waals surface area (Å²) in [7, 11) is -3.75. The van der Waals surface area contributed by atoms with Gasteiger partial charge in [-0.2, -0.15) is 0 Å². The smallest absolute Gasteiger partial charge is 0.255 e. The molecule has 168 valence electrons. The summed E-state index contributed by atoms with van der Waals surface area (Å²) >= 11 is 6.20. The van der Waals surface area contributed by atoms with E-state index in [9.17, 15) is 18.0 Å². The van der Waals surface area contributed by atoms with E-state index in [2.05, 4.69) is 10.0 Å². The molecule has 1 aromatic carbocycles. The predicted molar refractivity (Wildman–Crippen MR) is 116 cm³/mol. The van der Waals surface area contributed by atoms with Crippen molar-refractivity contribution >= 4 is 33.4 Å². The summed E-state index contributed by atoms with van der Waals surface area (Å²) in [4.78, 5) is 27.0. The average molecular weight is 468 g/mol. The van der Waals surface area contributed by atoms with Gasteiger partial charge in [-0.3, -0.25) is 9.59 Å². The number of furan rings is 1. The Hall–Kier alpha value is -2.36. The van der Waals surface area contributed by atoms with Crippen LogP contribution in [0.1, 0.15) is 42.8 Å². The second-order valence-electron chi connectivity index (χ2n) is 7.78. The number of carbonyl (C=O) groups excluding carboxylic acids is 2. The number of hydrogen-bond acceptors (Lipinski definition) is 5. The lowest BCUT2D eigenvalue weighted by Crippen LogP contribution is -2.43.